The first-order valence-corrected chi connectivity index (χ1v) is 9.70. The predicted molar refractivity (Wildman–Crippen MR) is 112 cm³/mol. The van der Waals surface area contributed by atoms with Gasteiger partial charge in [0.05, 0.1) is 6.54 Å². The molecule has 0 fully saturated rings. The fourth-order valence-corrected chi connectivity index (χ4v) is 2.92. The number of benzene rings is 2. The Kier molecular flexibility index (Phi) is 8.20. The van der Waals surface area contributed by atoms with Crippen LogP contribution in [0.25, 0.3) is 0 Å². The lowest BCUT2D eigenvalue weighted by molar-refractivity contribution is -0.134. The average molecular weight is 401 g/mol. The molecule has 0 heterocycles. The lowest BCUT2D eigenvalue weighted by atomic mass is 10.1. The molecule has 0 aliphatic heterocycles. The van der Waals surface area contributed by atoms with Crippen LogP contribution in [0.15, 0.2) is 48.5 Å². The summed E-state index contributed by atoms with van der Waals surface area (Å²) in [6, 6.07) is 14.1. The number of rotatable bonds is 9. The molecule has 0 atom stereocenters. The number of hydrogen-bond acceptors (Lipinski definition) is 3. The molecule has 0 radical (unpaired) electrons. The maximum Gasteiger partial charge on any atom is 0.244 e. The van der Waals surface area contributed by atoms with Crippen LogP contribution in [0.2, 0.25) is 5.02 Å². The molecule has 0 aliphatic rings. The van der Waals surface area contributed by atoms with Gasteiger partial charge in [-0.15, -0.1) is 0 Å². The summed E-state index contributed by atoms with van der Waals surface area (Å²) in [5.41, 5.74) is 2.21. The van der Waals surface area contributed by atoms with Crippen LogP contribution < -0.4 is 5.32 Å². The normalized spacial score (nSPS) is 10.4. The van der Waals surface area contributed by atoms with E-state index in [9.17, 15) is 14.4 Å². The topological polar surface area (TPSA) is 66.5 Å². The minimum absolute atomic E-state index is 0.0316. The Labute approximate surface area is 170 Å². The zero-order chi connectivity index (χ0) is 20.5. The molecule has 0 saturated heterocycles. The van der Waals surface area contributed by atoms with Crippen molar-refractivity contribution >= 4 is 34.9 Å². The summed E-state index contributed by atoms with van der Waals surface area (Å²) in [6.07, 6.45) is 0.897. The molecule has 28 heavy (non-hydrogen) atoms. The number of para-hydroxylation sites is 1. The van der Waals surface area contributed by atoms with Crippen LogP contribution in [0, 0.1) is 6.92 Å². The molecule has 0 aromatic heterocycles. The van der Waals surface area contributed by atoms with E-state index in [0.29, 0.717) is 17.1 Å². The molecule has 2 rings (SSSR count). The Hall–Kier alpha value is -2.66. The molecule has 0 spiro atoms. The van der Waals surface area contributed by atoms with Crippen LogP contribution in [0.3, 0.4) is 0 Å². The van der Waals surface area contributed by atoms with Gasteiger partial charge < -0.3 is 10.2 Å². The molecular weight excluding hydrogens is 376 g/mol. The molecule has 148 valence electrons. The smallest absolute Gasteiger partial charge is 0.244 e. The molecular formula is C22H25ClN2O3. The van der Waals surface area contributed by atoms with E-state index in [-0.39, 0.29) is 37.0 Å². The maximum atomic E-state index is 12.6. The van der Waals surface area contributed by atoms with E-state index in [1.807, 2.05) is 38.1 Å². The van der Waals surface area contributed by atoms with Crippen molar-refractivity contribution in [2.45, 2.75) is 33.1 Å². The van der Waals surface area contributed by atoms with Gasteiger partial charge in [-0.1, -0.05) is 36.7 Å². The van der Waals surface area contributed by atoms with E-state index in [4.69, 9.17) is 11.6 Å². The van der Waals surface area contributed by atoms with Gasteiger partial charge in [-0.25, -0.2) is 0 Å². The van der Waals surface area contributed by atoms with Crippen molar-refractivity contribution in [2.24, 2.45) is 0 Å². The second-order valence-electron chi connectivity index (χ2n) is 6.61. The largest absolute Gasteiger partial charge is 0.333 e. The fraction of sp³-hybridized carbons (Fsp3) is 0.318. The van der Waals surface area contributed by atoms with Gasteiger partial charge in [-0.3, -0.25) is 14.4 Å². The van der Waals surface area contributed by atoms with E-state index < -0.39 is 0 Å². The Bertz CT molecular complexity index is 834. The van der Waals surface area contributed by atoms with Crippen LogP contribution in [-0.4, -0.2) is 35.6 Å². The minimum Gasteiger partial charge on any atom is -0.333 e. The highest BCUT2D eigenvalue weighted by Gasteiger charge is 2.18. The van der Waals surface area contributed by atoms with Crippen molar-refractivity contribution < 1.29 is 14.4 Å². The Morgan fingerprint density at radius 1 is 1.00 bits per heavy atom. The van der Waals surface area contributed by atoms with E-state index in [1.54, 1.807) is 24.3 Å². The lowest BCUT2D eigenvalue weighted by Crippen LogP contribution is -2.38. The van der Waals surface area contributed by atoms with E-state index in [1.165, 1.54) is 4.90 Å². The van der Waals surface area contributed by atoms with Crippen molar-refractivity contribution in [2.75, 3.05) is 18.4 Å². The first-order chi connectivity index (χ1) is 13.4. The number of amides is 2. The Morgan fingerprint density at radius 2 is 1.68 bits per heavy atom. The second kappa shape index (κ2) is 10.6. The average Bonchev–Trinajstić information content (AvgIpc) is 2.68. The summed E-state index contributed by atoms with van der Waals surface area (Å²) in [5, 5.41) is 3.39. The summed E-state index contributed by atoms with van der Waals surface area (Å²) >= 11 is 5.83. The number of nitrogens with one attached hydrogen (secondary N) is 1. The number of hydrogen-bond donors (Lipinski definition) is 1. The summed E-state index contributed by atoms with van der Waals surface area (Å²) in [7, 11) is 0. The highest BCUT2D eigenvalue weighted by Crippen LogP contribution is 2.14. The number of ketones is 1. The first kappa shape index (κ1) is 21.6. The van der Waals surface area contributed by atoms with Gasteiger partial charge in [-0.05, 0) is 49.2 Å². The van der Waals surface area contributed by atoms with E-state index >= 15 is 0 Å². The number of halogens is 1. The summed E-state index contributed by atoms with van der Waals surface area (Å²) in [4.78, 5) is 38.7. The second-order valence-corrected chi connectivity index (χ2v) is 7.04. The van der Waals surface area contributed by atoms with Gasteiger partial charge in [0, 0.05) is 35.7 Å². The zero-order valence-corrected chi connectivity index (χ0v) is 17.0. The van der Waals surface area contributed by atoms with Gasteiger partial charge in [-0.2, -0.15) is 0 Å². The van der Waals surface area contributed by atoms with Crippen molar-refractivity contribution in [3.05, 3.63) is 64.7 Å². The zero-order valence-electron chi connectivity index (χ0n) is 16.2. The number of carbonyl (C=O) groups excluding carboxylic acids is 3. The highest BCUT2D eigenvalue weighted by atomic mass is 35.5. The van der Waals surface area contributed by atoms with Gasteiger partial charge >= 0.3 is 0 Å². The maximum absolute atomic E-state index is 12.6. The third-order valence-corrected chi connectivity index (χ3v) is 4.58. The number of nitrogens with zero attached hydrogens (tertiary/aromatic N) is 1. The summed E-state index contributed by atoms with van der Waals surface area (Å²) < 4.78 is 0. The summed E-state index contributed by atoms with van der Waals surface area (Å²) in [5.74, 6) is -0.574. The van der Waals surface area contributed by atoms with Crippen LogP contribution in [0.4, 0.5) is 5.69 Å². The van der Waals surface area contributed by atoms with Gasteiger partial charge in [0.25, 0.3) is 0 Å². The molecule has 0 bridgehead atoms. The van der Waals surface area contributed by atoms with Gasteiger partial charge in [0.1, 0.15) is 0 Å². The molecule has 5 nitrogen and oxygen atoms in total. The number of anilines is 1. The predicted octanol–water partition coefficient (Wildman–Crippen LogP) is 4.49. The molecule has 1 N–H and O–H groups in total. The minimum atomic E-state index is -0.250. The van der Waals surface area contributed by atoms with Crippen molar-refractivity contribution in [3.63, 3.8) is 0 Å². The SMILES string of the molecule is CCCN(CC(=O)Nc1ccccc1C)C(=O)CCC(=O)c1ccc(Cl)cc1. The monoisotopic (exact) mass is 400 g/mol. The van der Waals surface area contributed by atoms with Crippen LogP contribution in [0.1, 0.15) is 42.1 Å². The lowest BCUT2D eigenvalue weighted by Gasteiger charge is -2.22. The standard InChI is InChI=1S/C22H25ClN2O3/c1-3-14-25(15-21(27)24-19-7-5-4-6-16(19)2)22(28)13-12-20(26)17-8-10-18(23)11-9-17/h4-11H,3,12-15H2,1-2H3,(H,24,27). The molecule has 2 aromatic rings. The fourth-order valence-electron chi connectivity index (χ4n) is 2.80. The van der Waals surface area contributed by atoms with Gasteiger partial charge in [0.2, 0.25) is 11.8 Å². The molecule has 0 unspecified atom stereocenters. The number of aryl methyl sites for hydroxylation is 1. The van der Waals surface area contributed by atoms with Crippen molar-refractivity contribution in [1.82, 2.24) is 4.90 Å². The highest BCUT2D eigenvalue weighted by molar-refractivity contribution is 6.30. The number of carbonyl (C=O) groups is 3. The summed E-state index contributed by atoms with van der Waals surface area (Å²) in [6.45, 7) is 4.29. The first-order valence-electron chi connectivity index (χ1n) is 9.32. The Balaban J connectivity index is 1.91. The van der Waals surface area contributed by atoms with Gasteiger partial charge in [0.15, 0.2) is 5.78 Å². The molecule has 2 amide bonds. The third kappa shape index (κ3) is 6.50. The Morgan fingerprint density at radius 3 is 2.32 bits per heavy atom. The number of Topliss-reactive ketones (excluding diaryl/α,β-unsaturated/α-hetero) is 1. The molecule has 2 aromatic carbocycles. The van der Waals surface area contributed by atoms with E-state index in [2.05, 4.69) is 5.32 Å². The van der Waals surface area contributed by atoms with E-state index in [0.717, 1.165) is 17.7 Å². The quantitative estimate of drug-likeness (QED) is 0.630. The van der Waals surface area contributed by atoms with Crippen LogP contribution in [-0.2, 0) is 9.59 Å². The molecule has 0 saturated carbocycles. The molecule has 6 heteroatoms. The van der Waals surface area contributed by atoms with Crippen LogP contribution >= 0.6 is 11.6 Å². The van der Waals surface area contributed by atoms with Crippen LogP contribution in [0.5, 0.6) is 0 Å². The third-order valence-electron chi connectivity index (χ3n) is 4.33. The molecule has 0 aliphatic carbocycles. The van der Waals surface area contributed by atoms with Crippen molar-refractivity contribution in [3.8, 4) is 0 Å². The van der Waals surface area contributed by atoms with Crippen molar-refractivity contribution in [1.29, 1.82) is 0 Å².